The van der Waals surface area contributed by atoms with Gasteiger partial charge in [-0.2, -0.15) is 0 Å². The molecule has 4 nitrogen and oxygen atoms in total. The minimum absolute atomic E-state index is 0.191. The number of benzene rings is 1. The summed E-state index contributed by atoms with van der Waals surface area (Å²) in [7, 11) is 0. The Labute approximate surface area is 109 Å². The van der Waals surface area contributed by atoms with Crippen LogP contribution in [0, 0.1) is 0 Å². The molecule has 1 aromatic carbocycles. The summed E-state index contributed by atoms with van der Waals surface area (Å²) >= 11 is 3.24. The number of phenolic OH excluding ortho intramolecular Hbond substituents is 1. The number of aromatic hydroxyl groups is 1. The lowest BCUT2D eigenvalue weighted by atomic mass is 10.2. The molecule has 2 N–H and O–H groups in total. The monoisotopic (exact) mass is 301 g/mol. The first-order valence-corrected chi connectivity index (χ1v) is 6.22. The molecule has 1 aromatic rings. The van der Waals surface area contributed by atoms with Crippen LogP contribution in [0.4, 0.5) is 0 Å². The van der Waals surface area contributed by atoms with Gasteiger partial charge in [-0.05, 0) is 35.8 Å². The third-order valence-electron chi connectivity index (χ3n) is 2.31. The minimum Gasteiger partial charge on any atom is -0.506 e. The summed E-state index contributed by atoms with van der Waals surface area (Å²) in [5, 5.41) is 12.7. The maximum Gasteiger partial charge on any atom is 0.322 e. The third kappa shape index (κ3) is 4.02. The Morgan fingerprint density at radius 3 is 2.94 bits per heavy atom. The number of ether oxygens (including phenoxy) is 1. The van der Waals surface area contributed by atoms with Crippen molar-refractivity contribution in [3.63, 3.8) is 0 Å². The minimum atomic E-state index is -0.395. The van der Waals surface area contributed by atoms with E-state index in [2.05, 4.69) is 21.2 Å². The zero-order valence-electron chi connectivity index (χ0n) is 9.87. The molecule has 0 saturated carbocycles. The van der Waals surface area contributed by atoms with E-state index in [4.69, 9.17) is 4.74 Å². The van der Waals surface area contributed by atoms with Crippen LogP contribution in [0.1, 0.15) is 19.4 Å². The molecule has 0 aliphatic carbocycles. The fraction of sp³-hybridized carbons (Fsp3) is 0.417. The van der Waals surface area contributed by atoms with Crippen molar-refractivity contribution in [2.24, 2.45) is 0 Å². The van der Waals surface area contributed by atoms with Crippen molar-refractivity contribution in [1.29, 1.82) is 0 Å². The molecular formula is C12H16BrNO3. The Balaban J connectivity index is 2.56. The van der Waals surface area contributed by atoms with Gasteiger partial charge in [-0.1, -0.05) is 12.1 Å². The highest BCUT2D eigenvalue weighted by Crippen LogP contribution is 2.27. The molecule has 0 fully saturated rings. The van der Waals surface area contributed by atoms with E-state index in [0.29, 0.717) is 17.6 Å². The van der Waals surface area contributed by atoms with E-state index in [1.807, 2.05) is 6.07 Å². The second kappa shape index (κ2) is 6.61. The summed E-state index contributed by atoms with van der Waals surface area (Å²) in [5.74, 6) is -0.0990. The lowest BCUT2D eigenvalue weighted by Gasteiger charge is -2.13. The average molecular weight is 302 g/mol. The van der Waals surface area contributed by atoms with Gasteiger partial charge in [0.05, 0.1) is 11.1 Å². The number of halogens is 1. The Hall–Kier alpha value is -1.07. The van der Waals surface area contributed by atoms with Gasteiger partial charge in [-0.3, -0.25) is 4.79 Å². The summed E-state index contributed by atoms with van der Waals surface area (Å²) in [4.78, 5) is 11.4. The van der Waals surface area contributed by atoms with E-state index in [-0.39, 0.29) is 11.7 Å². The van der Waals surface area contributed by atoms with Gasteiger partial charge in [0.15, 0.2) is 0 Å². The number of carbonyl (C=O) groups excluding carboxylic acids is 1. The molecule has 1 atom stereocenters. The maximum absolute atomic E-state index is 11.4. The molecule has 0 spiro atoms. The first kappa shape index (κ1) is 14.0. The van der Waals surface area contributed by atoms with E-state index < -0.39 is 6.04 Å². The van der Waals surface area contributed by atoms with E-state index in [1.54, 1.807) is 26.0 Å². The van der Waals surface area contributed by atoms with Crippen molar-refractivity contribution < 1.29 is 14.6 Å². The molecule has 0 amide bonds. The summed E-state index contributed by atoms with van der Waals surface area (Å²) in [6.45, 7) is 4.27. The molecule has 94 valence electrons. The Morgan fingerprint density at radius 1 is 1.59 bits per heavy atom. The van der Waals surface area contributed by atoms with Crippen molar-refractivity contribution in [3.8, 4) is 5.75 Å². The van der Waals surface area contributed by atoms with Crippen molar-refractivity contribution in [3.05, 3.63) is 28.2 Å². The molecule has 0 heterocycles. The lowest BCUT2D eigenvalue weighted by molar-refractivity contribution is -0.145. The van der Waals surface area contributed by atoms with Crippen LogP contribution in [0.15, 0.2) is 22.7 Å². The standard InChI is InChI=1S/C12H16BrNO3/c1-3-17-12(16)8(2)14-7-9-5-4-6-10(13)11(9)15/h4-6,8,14-15H,3,7H2,1-2H3. The van der Waals surface area contributed by atoms with Gasteiger partial charge in [0.1, 0.15) is 11.8 Å². The molecule has 0 saturated heterocycles. The van der Waals surface area contributed by atoms with Crippen LogP contribution in [0.25, 0.3) is 0 Å². The Morgan fingerprint density at radius 2 is 2.29 bits per heavy atom. The summed E-state index contributed by atoms with van der Waals surface area (Å²) in [6.07, 6.45) is 0. The van der Waals surface area contributed by atoms with Gasteiger partial charge in [-0.25, -0.2) is 0 Å². The topological polar surface area (TPSA) is 58.6 Å². The lowest BCUT2D eigenvalue weighted by Crippen LogP contribution is -2.34. The molecule has 17 heavy (non-hydrogen) atoms. The number of para-hydroxylation sites is 1. The van der Waals surface area contributed by atoms with Crippen LogP contribution in [0.5, 0.6) is 5.75 Å². The van der Waals surface area contributed by atoms with Gasteiger partial charge in [0.2, 0.25) is 0 Å². The Kier molecular flexibility index (Phi) is 5.44. The van der Waals surface area contributed by atoms with Crippen molar-refractivity contribution >= 4 is 21.9 Å². The summed E-state index contributed by atoms with van der Waals surface area (Å²) in [5.41, 5.74) is 0.732. The van der Waals surface area contributed by atoms with Crippen molar-refractivity contribution in [2.75, 3.05) is 6.61 Å². The average Bonchev–Trinajstić information content (AvgIpc) is 2.31. The highest BCUT2D eigenvalue weighted by Gasteiger charge is 2.14. The van der Waals surface area contributed by atoms with Crippen LogP contribution in [-0.4, -0.2) is 23.7 Å². The molecule has 1 rings (SSSR count). The van der Waals surface area contributed by atoms with Gasteiger partial charge in [0.25, 0.3) is 0 Å². The largest absolute Gasteiger partial charge is 0.506 e. The smallest absolute Gasteiger partial charge is 0.322 e. The van der Waals surface area contributed by atoms with E-state index >= 15 is 0 Å². The van der Waals surface area contributed by atoms with Gasteiger partial charge in [-0.15, -0.1) is 0 Å². The SMILES string of the molecule is CCOC(=O)C(C)NCc1cccc(Br)c1O. The van der Waals surface area contributed by atoms with Crippen LogP contribution in [0.3, 0.4) is 0 Å². The quantitative estimate of drug-likeness (QED) is 0.819. The highest BCUT2D eigenvalue weighted by molar-refractivity contribution is 9.10. The molecule has 0 radical (unpaired) electrons. The second-order valence-corrected chi connectivity index (χ2v) is 4.46. The fourth-order valence-corrected chi connectivity index (χ4v) is 1.72. The Bertz CT molecular complexity index is 395. The molecule has 1 unspecified atom stereocenters. The number of carbonyl (C=O) groups is 1. The van der Waals surface area contributed by atoms with Crippen LogP contribution < -0.4 is 5.32 Å². The first-order valence-electron chi connectivity index (χ1n) is 5.42. The number of nitrogens with one attached hydrogen (secondary N) is 1. The molecule has 0 aromatic heterocycles. The fourth-order valence-electron chi connectivity index (χ4n) is 1.32. The van der Waals surface area contributed by atoms with E-state index in [1.165, 1.54) is 0 Å². The molecule has 0 aliphatic heterocycles. The van der Waals surface area contributed by atoms with Gasteiger partial charge < -0.3 is 15.2 Å². The highest BCUT2D eigenvalue weighted by atomic mass is 79.9. The number of hydrogen-bond donors (Lipinski definition) is 2. The number of hydrogen-bond acceptors (Lipinski definition) is 4. The van der Waals surface area contributed by atoms with Crippen molar-refractivity contribution in [1.82, 2.24) is 5.32 Å². The third-order valence-corrected chi connectivity index (χ3v) is 2.95. The van der Waals surface area contributed by atoms with Crippen LogP contribution >= 0.6 is 15.9 Å². The first-order chi connectivity index (χ1) is 8.06. The molecule has 5 heteroatoms. The van der Waals surface area contributed by atoms with Crippen molar-refractivity contribution in [2.45, 2.75) is 26.4 Å². The van der Waals surface area contributed by atoms with Crippen LogP contribution in [-0.2, 0) is 16.1 Å². The predicted octanol–water partition coefficient (Wildman–Crippen LogP) is 2.20. The second-order valence-electron chi connectivity index (χ2n) is 3.60. The predicted molar refractivity (Wildman–Crippen MR) is 68.7 cm³/mol. The zero-order chi connectivity index (χ0) is 12.8. The number of rotatable bonds is 5. The van der Waals surface area contributed by atoms with Crippen LogP contribution in [0.2, 0.25) is 0 Å². The van der Waals surface area contributed by atoms with Gasteiger partial charge >= 0.3 is 5.97 Å². The number of esters is 1. The molecule has 0 aliphatic rings. The zero-order valence-corrected chi connectivity index (χ0v) is 11.5. The normalized spacial score (nSPS) is 12.2. The summed E-state index contributed by atoms with van der Waals surface area (Å²) in [6, 6.07) is 4.99. The molecule has 0 bridgehead atoms. The van der Waals surface area contributed by atoms with Gasteiger partial charge in [0, 0.05) is 12.1 Å². The maximum atomic E-state index is 11.4. The van der Waals surface area contributed by atoms with E-state index in [0.717, 1.165) is 5.56 Å². The summed E-state index contributed by atoms with van der Waals surface area (Å²) < 4.78 is 5.51. The number of phenols is 1. The molecular weight excluding hydrogens is 286 g/mol. The van der Waals surface area contributed by atoms with E-state index in [9.17, 15) is 9.90 Å².